The first kappa shape index (κ1) is 16.8. The number of nitrogens with zero attached hydrogens (tertiary/aromatic N) is 4. The van der Waals surface area contributed by atoms with Crippen LogP contribution >= 0.6 is 0 Å². The molecule has 1 aromatic rings. The average Bonchev–Trinajstić information content (AvgIpc) is 3.23. The summed E-state index contributed by atoms with van der Waals surface area (Å²) >= 11 is 0. The Morgan fingerprint density at radius 1 is 0.920 bits per heavy atom. The summed E-state index contributed by atoms with van der Waals surface area (Å²) in [6, 6.07) is 5.38. The van der Waals surface area contributed by atoms with Crippen LogP contribution in [-0.2, 0) is 4.79 Å². The highest BCUT2D eigenvalue weighted by atomic mass is 16.1. The second-order valence-electron chi connectivity index (χ2n) is 7.77. The largest absolute Gasteiger partial charge is 0.354 e. The van der Waals surface area contributed by atoms with E-state index >= 15 is 0 Å². The van der Waals surface area contributed by atoms with Gasteiger partial charge in [-0.05, 0) is 43.7 Å². The van der Waals surface area contributed by atoms with Crippen molar-refractivity contribution in [3.8, 4) is 0 Å². The SMILES string of the molecule is O=CN1CCCCC1c1ccc(N2CCN(C3CCCC3)CC2)nc1. The van der Waals surface area contributed by atoms with Gasteiger partial charge in [0, 0.05) is 45.0 Å². The van der Waals surface area contributed by atoms with E-state index in [2.05, 4.69) is 21.9 Å². The Morgan fingerprint density at radius 3 is 2.36 bits per heavy atom. The number of hydrogen-bond donors (Lipinski definition) is 0. The Bertz CT molecular complexity index is 562. The highest BCUT2D eigenvalue weighted by Crippen LogP contribution is 2.30. The maximum absolute atomic E-state index is 11.3. The molecule has 25 heavy (non-hydrogen) atoms. The molecule has 5 heteroatoms. The minimum atomic E-state index is 0.215. The minimum Gasteiger partial charge on any atom is -0.354 e. The number of rotatable bonds is 4. The second-order valence-corrected chi connectivity index (χ2v) is 7.77. The van der Waals surface area contributed by atoms with Gasteiger partial charge < -0.3 is 9.80 Å². The van der Waals surface area contributed by atoms with Crippen molar-refractivity contribution >= 4 is 12.2 Å². The first-order valence-corrected chi connectivity index (χ1v) is 10.0. The summed E-state index contributed by atoms with van der Waals surface area (Å²) in [5.41, 5.74) is 1.18. The molecule has 3 aliphatic rings. The van der Waals surface area contributed by atoms with Crippen molar-refractivity contribution in [1.82, 2.24) is 14.8 Å². The maximum Gasteiger partial charge on any atom is 0.210 e. The van der Waals surface area contributed by atoms with Crippen molar-refractivity contribution in [2.45, 2.75) is 57.0 Å². The average molecular weight is 342 g/mol. The van der Waals surface area contributed by atoms with Crippen LogP contribution in [0.3, 0.4) is 0 Å². The smallest absolute Gasteiger partial charge is 0.210 e. The van der Waals surface area contributed by atoms with Crippen molar-refractivity contribution in [3.05, 3.63) is 23.9 Å². The maximum atomic E-state index is 11.3. The number of pyridine rings is 1. The van der Waals surface area contributed by atoms with Gasteiger partial charge >= 0.3 is 0 Å². The van der Waals surface area contributed by atoms with Gasteiger partial charge in [-0.15, -0.1) is 0 Å². The number of carbonyl (C=O) groups excluding carboxylic acids is 1. The Labute approximate surface area is 151 Å². The normalized spacial score (nSPS) is 26.2. The fraction of sp³-hybridized carbons (Fsp3) is 0.700. The van der Waals surface area contributed by atoms with Crippen LogP contribution in [0.1, 0.15) is 56.6 Å². The van der Waals surface area contributed by atoms with E-state index in [0.29, 0.717) is 0 Å². The van der Waals surface area contributed by atoms with Crippen LogP contribution in [0.25, 0.3) is 0 Å². The molecule has 136 valence electrons. The molecule has 2 saturated heterocycles. The number of carbonyl (C=O) groups is 1. The van der Waals surface area contributed by atoms with Gasteiger partial charge in [0.1, 0.15) is 5.82 Å². The number of anilines is 1. The van der Waals surface area contributed by atoms with Gasteiger partial charge in [-0.1, -0.05) is 18.9 Å². The van der Waals surface area contributed by atoms with Crippen LogP contribution in [0.2, 0.25) is 0 Å². The van der Waals surface area contributed by atoms with Crippen LogP contribution < -0.4 is 4.90 Å². The lowest BCUT2D eigenvalue weighted by Crippen LogP contribution is -2.50. The van der Waals surface area contributed by atoms with E-state index in [0.717, 1.165) is 63.8 Å². The monoisotopic (exact) mass is 342 g/mol. The molecule has 0 spiro atoms. The van der Waals surface area contributed by atoms with Crippen LogP contribution in [0.5, 0.6) is 0 Å². The topological polar surface area (TPSA) is 39.7 Å². The van der Waals surface area contributed by atoms with Crippen molar-refractivity contribution in [1.29, 1.82) is 0 Å². The number of piperidine rings is 1. The minimum absolute atomic E-state index is 0.215. The molecule has 1 aliphatic carbocycles. The molecule has 1 unspecified atom stereocenters. The van der Waals surface area contributed by atoms with Gasteiger partial charge in [0.2, 0.25) is 6.41 Å². The molecule has 3 heterocycles. The Hall–Kier alpha value is -1.62. The van der Waals surface area contributed by atoms with Crippen LogP contribution in [0.4, 0.5) is 5.82 Å². The Morgan fingerprint density at radius 2 is 1.68 bits per heavy atom. The molecule has 1 atom stereocenters. The van der Waals surface area contributed by atoms with Crippen molar-refractivity contribution < 1.29 is 4.79 Å². The molecular weight excluding hydrogens is 312 g/mol. The summed E-state index contributed by atoms with van der Waals surface area (Å²) in [5, 5.41) is 0. The third-order valence-corrected chi connectivity index (χ3v) is 6.31. The lowest BCUT2D eigenvalue weighted by molar-refractivity contribution is -0.121. The molecule has 1 saturated carbocycles. The van der Waals surface area contributed by atoms with Crippen molar-refractivity contribution in [2.75, 3.05) is 37.6 Å². The second kappa shape index (κ2) is 7.73. The highest BCUT2D eigenvalue weighted by Gasteiger charge is 2.27. The fourth-order valence-corrected chi connectivity index (χ4v) is 4.81. The van der Waals surface area contributed by atoms with Crippen LogP contribution in [0.15, 0.2) is 18.3 Å². The predicted octanol–water partition coefficient (Wildman–Crippen LogP) is 2.83. The summed E-state index contributed by atoms with van der Waals surface area (Å²) < 4.78 is 0. The van der Waals surface area contributed by atoms with Crippen molar-refractivity contribution in [3.63, 3.8) is 0 Å². The predicted molar refractivity (Wildman–Crippen MR) is 99.6 cm³/mol. The first-order valence-electron chi connectivity index (χ1n) is 10.0. The number of piperazine rings is 1. The Kier molecular flexibility index (Phi) is 5.20. The molecule has 3 fully saturated rings. The molecule has 1 amide bonds. The quantitative estimate of drug-likeness (QED) is 0.789. The summed E-state index contributed by atoms with van der Waals surface area (Å²) in [6.07, 6.45) is 12.0. The zero-order chi connectivity index (χ0) is 17.1. The molecule has 1 aromatic heterocycles. The molecule has 4 rings (SSSR count). The van der Waals surface area contributed by atoms with Crippen molar-refractivity contribution in [2.24, 2.45) is 0 Å². The van der Waals surface area contributed by atoms with Gasteiger partial charge in [0.15, 0.2) is 0 Å². The summed E-state index contributed by atoms with van der Waals surface area (Å²) in [7, 11) is 0. The third kappa shape index (κ3) is 3.66. The Balaban J connectivity index is 1.36. The number of hydrogen-bond acceptors (Lipinski definition) is 4. The third-order valence-electron chi connectivity index (χ3n) is 6.31. The molecule has 0 bridgehead atoms. The summed E-state index contributed by atoms with van der Waals surface area (Å²) in [6.45, 7) is 5.35. The summed E-state index contributed by atoms with van der Waals surface area (Å²) in [4.78, 5) is 23.0. The van der Waals surface area contributed by atoms with Crippen LogP contribution in [0, 0.1) is 0 Å². The number of aromatic nitrogens is 1. The number of likely N-dealkylation sites (tertiary alicyclic amines) is 1. The highest BCUT2D eigenvalue weighted by molar-refractivity contribution is 5.49. The van der Waals surface area contributed by atoms with E-state index < -0.39 is 0 Å². The standard InChI is InChI=1S/C20H30N4O/c25-16-24-10-4-3-7-19(24)17-8-9-20(21-15-17)23-13-11-22(12-14-23)18-5-1-2-6-18/h8-9,15-16,18-19H,1-7,10-14H2. The van der Waals surface area contributed by atoms with E-state index in [-0.39, 0.29) is 6.04 Å². The van der Waals surface area contributed by atoms with E-state index in [9.17, 15) is 4.79 Å². The van der Waals surface area contributed by atoms with Crippen LogP contribution in [-0.4, -0.2) is 60.0 Å². The summed E-state index contributed by atoms with van der Waals surface area (Å²) in [5.74, 6) is 1.09. The molecule has 0 aromatic carbocycles. The lowest BCUT2D eigenvalue weighted by Gasteiger charge is -2.38. The van der Waals surface area contributed by atoms with E-state index in [1.54, 1.807) is 0 Å². The zero-order valence-electron chi connectivity index (χ0n) is 15.1. The first-order chi connectivity index (χ1) is 12.3. The number of amides is 1. The van der Waals surface area contributed by atoms with Gasteiger partial charge in [-0.2, -0.15) is 0 Å². The van der Waals surface area contributed by atoms with Gasteiger partial charge in [-0.25, -0.2) is 4.98 Å². The van der Waals surface area contributed by atoms with Gasteiger partial charge in [0.25, 0.3) is 0 Å². The van der Waals surface area contributed by atoms with E-state index in [4.69, 9.17) is 4.98 Å². The fourth-order valence-electron chi connectivity index (χ4n) is 4.81. The molecule has 0 N–H and O–H groups in total. The molecule has 5 nitrogen and oxygen atoms in total. The van der Waals surface area contributed by atoms with E-state index in [1.165, 1.54) is 37.7 Å². The zero-order valence-corrected chi connectivity index (χ0v) is 15.1. The van der Waals surface area contributed by atoms with E-state index in [1.807, 2.05) is 11.1 Å². The lowest BCUT2D eigenvalue weighted by atomic mass is 9.97. The molecule has 0 radical (unpaired) electrons. The molecule has 2 aliphatic heterocycles. The van der Waals surface area contributed by atoms with Gasteiger partial charge in [0.05, 0.1) is 6.04 Å². The van der Waals surface area contributed by atoms with Gasteiger partial charge in [-0.3, -0.25) is 9.69 Å². The molecular formula is C20H30N4O.